The van der Waals surface area contributed by atoms with E-state index in [9.17, 15) is 24.0 Å². The Morgan fingerprint density at radius 2 is 1.18 bits per heavy atom. The molecule has 2 aromatic rings. The molecular formula is C31H30N2O6. The fourth-order valence-electron chi connectivity index (χ4n) is 7.91. The first-order valence-electron chi connectivity index (χ1n) is 13.3. The van der Waals surface area contributed by atoms with E-state index >= 15 is 0 Å². The molecule has 5 aliphatic rings. The van der Waals surface area contributed by atoms with Crippen LogP contribution in [-0.4, -0.2) is 36.2 Å². The quantitative estimate of drug-likeness (QED) is 0.444. The molecule has 200 valence electrons. The maximum Gasteiger partial charge on any atom is 0.334 e. The number of ether oxygens (including phenoxy) is 1. The van der Waals surface area contributed by atoms with Gasteiger partial charge in [0.2, 0.25) is 23.6 Å². The average Bonchev–Trinajstić information content (AvgIpc) is 3.31. The first-order chi connectivity index (χ1) is 18.6. The summed E-state index contributed by atoms with van der Waals surface area (Å²) in [5.41, 5.74) is 1.85. The van der Waals surface area contributed by atoms with Crippen LogP contribution in [0.15, 0.2) is 59.7 Å². The first kappa shape index (κ1) is 25.2. The Kier molecular flexibility index (Phi) is 5.47. The first-order valence-corrected chi connectivity index (χ1v) is 13.3. The van der Waals surface area contributed by atoms with Gasteiger partial charge in [-0.05, 0) is 51.0 Å². The number of para-hydroxylation sites is 2. The molecule has 4 amide bonds. The second kappa shape index (κ2) is 8.46. The van der Waals surface area contributed by atoms with E-state index in [1.807, 2.05) is 38.1 Å². The summed E-state index contributed by atoms with van der Waals surface area (Å²) in [4.78, 5) is 72.6. The molecule has 6 atom stereocenters. The Morgan fingerprint density at radius 3 is 1.59 bits per heavy atom. The van der Waals surface area contributed by atoms with Gasteiger partial charge in [-0.25, -0.2) is 14.6 Å². The SMILES string of the molecule is CCOC(=O)C1=C(C)C2[C@H]3C(=O)N(c4ccccc4C)C(=O)[C@@H]3C1(C)[C@@H]1C(=O)N(c3ccccc3C)C(=O)[C@@H]21. The number of carbonyl (C=O) groups is 5. The van der Waals surface area contributed by atoms with Crippen LogP contribution in [0.25, 0.3) is 0 Å². The van der Waals surface area contributed by atoms with Gasteiger partial charge in [-0.3, -0.25) is 19.2 Å². The lowest BCUT2D eigenvalue weighted by Gasteiger charge is -2.55. The van der Waals surface area contributed by atoms with Crippen LogP contribution in [0, 0.1) is 48.9 Å². The summed E-state index contributed by atoms with van der Waals surface area (Å²) in [5, 5.41) is 0. The number of esters is 1. The number of imide groups is 2. The van der Waals surface area contributed by atoms with Crippen molar-refractivity contribution < 1.29 is 28.7 Å². The average molecular weight is 527 g/mol. The number of carbonyl (C=O) groups excluding carboxylic acids is 5. The van der Waals surface area contributed by atoms with E-state index in [1.54, 1.807) is 45.0 Å². The summed E-state index contributed by atoms with van der Waals surface area (Å²) >= 11 is 0. The van der Waals surface area contributed by atoms with Gasteiger partial charge in [0, 0.05) is 16.9 Å². The Balaban J connectivity index is 1.57. The van der Waals surface area contributed by atoms with Crippen molar-refractivity contribution in [2.75, 3.05) is 16.4 Å². The lowest BCUT2D eigenvalue weighted by Crippen LogP contribution is -2.61. The molecule has 3 fully saturated rings. The molecule has 3 aliphatic carbocycles. The van der Waals surface area contributed by atoms with Crippen LogP contribution in [0.4, 0.5) is 11.4 Å². The minimum atomic E-state index is -1.41. The van der Waals surface area contributed by atoms with Crippen LogP contribution in [0.2, 0.25) is 0 Å². The Morgan fingerprint density at radius 1 is 0.744 bits per heavy atom. The second-order valence-corrected chi connectivity index (χ2v) is 11.2. The molecule has 39 heavy (non-hydrogen) atoms. The number of aryl methyl sites for hydroxylation is 2. The summed E-state index contributed by atoms with van der Waals surface area (Å²) in [6, 6.07) is 14.3. The monoisotopic (exact) mass is 526 g/mol. The van der Waals surface area contributed by atoms with Gasteiger partial charge in [-0.15, -0.1) is 0 Å². The van der Waals surface area contributed by atoms with Crippen molar-refractivity contribution in [1.82, 2.24) is 0 Å². The minimum absolute atomic E-state index is 0.114. The van der Waals surface area contributed by atoms with Gasteiger partial charge in [0.15, 0.2) is 0 Å². The van der Waals surface area contributed by atoms with Crippen molar-refractivity contribution in [3.05, 3.63) is 70.8 Å². The Bertz CT molecular complexity index is 1430. The fraction of sp³-hybridized carbons (Fsp3) is 0.387. The molecule has 2 saturated heterocycles. The van der Waals surface area contributed by atoms with Crippen LogP contribution in [-0.2, 0) is 28.7 Å². The molecule has 0 spiro atoms. The number of rotatable bonds is 4. The van der Waals surface area contributed by atoms with Crippen LogP contribution >= 0.6 is 0 Å². The van der Waals surface area contributed by atoms with Crippen molar-refractivity contribution >= 4 is 41.0 Å². The van der Waals surface area contributed by atoms with Gasteiger partial charge < -0.3 is 4.74 Å². The molecule has 8 heteroatoms. The molecule has 2 aromatic carbocycles. The maximum atomic E-state index is 14.2. The molecule has 0 N–H and O–H groups in total. The van der Waals surface area contributed by atoms with Gasteiger partial charge in [0.05, 0.1) is 41.7 Å². The highest BCUT2D eigenvalue weighted by molar-refractivity contribution is 6.28. The van der Waals surface area contributed by atoms with Gasteiger partial charge in [0.1, 0.15) is 0 Å². The topological polar surface area (TPSA) is 101 Å². The summed E-state index contributed by atoms with van der Waals surface area (Å²) in [7, 11) is 0. The van der Waals surface area contributed by atoms with Crippen LogP contribution in [0.1, 0.15) is 31.9 Å². The third kappa shape index (κ3) is 3.03. The van der Waals surface area contributed by atoms with E-state index in [0.29, 0.717) is 16.9 Å². The minimum Gasteiger partial charge on any atom is -0.463 e. The van der Waals surface area contributed by atoms with Crippen LogP contribution < -0.4 is 9.80 Å². The Labute approximate surface area is 226 Å². The zero-order valence-corrected chi connectivity index (χ0v) is 22.6. The highest BCUT2D eigenvalue weighted by atomic mass is 16.5. The number of allylic oxidation sites excluding steroid dienone is 1. The molecule has 0 radical (unpaired) electrons. The maximum absolute atomic E-state index is 14.2. The third-order valence-electron chi connectivity index (χ3n) is 9.39. The lowest BCUT2D eigenvalue weighted by atomic mass is 9.43. The molecule has 2 unspecified atom stereocenters. The molecule has 2 heterocycles. The highest BCUT2D eigenvalue weighted by Gasteiger charge is 2.77. The largest absolute Gasteiger partial charge is 0.463 e. The zero-order chi connectivity index (χ0) is 28.0. The number of anilines is 2. The molecule has 1 saturated carbocycles. The Hall–Kier alpha value is -4.07. The van der Waals surface area contributed by atoms with Crippen molar-refractivity contribution in [2.45, 2.75) is 34.6 Å². The summed E-state index contributed by atoms with van der Waals surface area (Å²) in [6.45, 7) is 8.89. The summed E-state index contributed by atoms with van der Waals surface area (Å²) in [6.07, 6.45) is 0. The predicted molar refractivity (Wildman–Crippen MR) is 142 cm³/mol. The summed E-state index contributed by atoms with van der Waals surface area (Å²) < 4.78 is 5.44. The number of benzene rings is 2. The van der Waals surface area contributed by atoms with Crippen LogP contribution in [0.3, 0.4) is 0 Å². The van der Waals surface area contributed by atoms with E-state index in [4.69, 9.17) is 4.74 Å². The molecular weight excluding hydrogens is 496 g/mol. The van der Waals surface area contributed by atoms with Gasteiger partial charge in [-0.2, -0.15) is 0 Å². The van der Waals surface area contributed by atoms with Crippen LogP contribution in [0.5, 0.6) is 0 Å². The molecule has 8 nitrogen and oxygen atoms in total. The number of hydrogen-bond donors (Lipinski definition) is 0. The number of nitrogens with zero attached hydrogens (tertiary/aromatic N) is 2. The smallest absolute Gasteiger partial charge is 0.334 e. The molecule has 2 aliphatic heterocycles. The zero-order valence-electron chi connectivity index (χ0n) is 22.6. The third-order valence-corrected chi connectivity index (χ3v) is 9.39. The van der Waals surface area contributed by atoms with Crippen molar-refractivity contribution in [2.24, 2.45) is 35.0 Å². The standard InChI is InChI=1S/C31H30N2O6/c1-6-39-30(38)23-17(4)20-21-24(28(36)32(26(21)34)18-13-9-7-11-15(18)2)31(23,5)25-22(20)27(35)33(29(25)37)19-14-10-8-12-16(19)3/h7-14,20-22,24-25H,6H2,1-5H3/t20?,21-,22+,24-,25+,31?. The van der Waals surface area contributed by atoms with Gasteiger partial charge >= 0.3 is 5.97 Å². The van der Waals surface area contributed by atoms with E-state index in [1.165, 1.54) is 9.80 Å². The van der Waals surface area contributed by atoms with Crippen molar-refractivity contribution in [3.63, 3.8) is 0 Å². The predicted octanol–water partition coefficient (Wildman–Crippen LogP) is 3.74. The van der Waals surface area contributed by atoms with Crippen molar-refractivity contribution in [3.8, 4) is 0 Å². The summed E-state index contributed by atoms with van der Waals surface area (Å²) in [5.74, 6) is -6.77. The molecule has 2 bridgehead atoms. The number of hydrogen-bond acceptors (Lipinski definition) is 6. The lowest BCUT2D eigenvalue weighted by molar-refractivity contribution is -0.155. The fourth-order valence-corrected chi connectivity index (χ4v) is 7.91. The normalized spacial score (nSPS) is 31.3. The molecule has 7 rings (SSSR count). The van der Waals surface area contributed by atoms with E-state index in [0.717, 1.165) is 11.1 Å². The van der Waals surface area contributed by atoms with E-state index in [-0.39, 0.29) is 12.2 Å². The van der Waals surface area contributed by atoms with E-state index < -0.39 is 64.6 Å². The number of amides is 4. The van der Waals surface area contributed by atoms with Gasteiger partial charge in [0.25, 0.3) is 0 Å². The molecule has 0 aromatic heterocycles. The van der Waals surface area contributed by atoms with Gasteiger partial charge in [-0.1, -0.05) is 48.9 Å². The second-order valence-electron chi connectivity index (χ2n) is 11.2. The van der Waals surface area contributed by atoms with E-state index in [2.05, 4.69) is 0 Å². The van der Waals surface area contributed by atoms with Crippen molar-refractivity contribution in [1.29, 1.82) is 0 Å². The highest BCUT2D eigenvalue weighted by Crippen LogP contribution is 2.69.